The highest BCUT2D eigenvalue weighted by atomic mass is 16.5. The minimum Gasteiger partial charge on any atom is -0.493 e. The predicted octanol–water partition coefficient (Wildman–Crippen LogP) is 4.22. The monoisotopic (exact) mass is 353 g/mol. The number of amides is 1. The highest BCUT2D eigenvalue weighted by Crippen LogP contribution is 2.28. The summed E-state index contributed by atoms with van der Waals surface area (Å²) in [6, 6.07) is 13.9. The zero-order valence-electron chi connectivity index (χ0n) is 15.7. The van der Waals surface area contributed by atoms with Gasteiger partial charge in [-0.15, -0.1) is 0 Å². The summed E-state index contributed by atoms with van der Waals surface area (Å²) in [5, 5.41) is 3.09. The van der Waals surface area contributed by atoms with E-state index in [4.69, 9.17) is 9.47 Å². The van der Waals surface area contributed by atoms with E-state index < -0.39 is 6.10 Å². The Morgan fingerprint density at radius 2 is 1.85 bits per heavy atom. The van der Waals surface area contributed by atoms with E-state index in [9.17, 15) is 4.79 Å². The van der Waals surface area contributed by atoms with Crippen molar-refractivity contribution >= 4 is 5.91 Å². The Balaban J connectivity index is 1.67. The summed E-state index contributed by atoms with van der Waals surface area (Å²) in [6.45, 7) is 3.96. The van der Waals surface area contributed by atoms with Crippen LogP contribution in [0.25, 0.3) is 0 Å². The number of carbonyl (C=O) groups is 1. The minimum absolute atomic E-state index is 0.0521. The first kappa shape index (κ1) is 18.3. The van der Waals surface area contributed by atoms with Crippen LogP contribution in [0.3, 0.4) is 0 Å². The summed E-state index contributed by atoms with van der Waals surface area (Å²) in [5.74, 6) is 1.11. The van der Waals surface area contributed by atoms with Crippen molar-refractivity contribution in [3.05, 3.63) is 59.2 Å². The van der Waals surface area contributed by atoms with Gasteiger partial charge in [-0.25, -0.2) is 0 Å². The second-order valence-electron chi connectivity index (χ2n) is 6.78. The first-order chi connectivity index (χ1) is 12.6. The van der Waals surface area contributed by atoms with Crippen LogP contribution < -0.4 is 14.8 Å². The van der Waals surface area contributed by atoms with Gasteiger partial charge in [-0.3, -0.25) is 4.79 Å². The van der Waals surface area contributed by atoms with Crippen LogP contribution in [0.15, 0.2) is 42.5 Å². The molecule has 1 aliphatic rings. The Kier molecular flexibility index (Phi) is 5.82. The van der Waals surface area contributed by atoms with Gasteiger partial charge < -0.3 is 14.8 Å². The smallest absolute Gasteiger partial charge is 0.261 e. The molecule has 0 saturated heterocycles. The molecule has 4 heteroatoms. The predicted molar refractivity (Wildman–Crippen MR) is 103 cm³/mol. The van der Waals surface area contributed by atoms with Crippen molar-refractivity contribution in [2.45, 2.75) is 51.7 Å². The van der Waals surface area contributed by atoms with Gasteiger partial charge in [0.25, 0.3) is 5.91 Å². The second-order valence-corrected chi connectivity index (χ2v) is 6.78. The molecule has 0 radical (unpaired) electrons. The molecule has 0 aliphatic heterocycles. The number of aryl methyl sites for hydroxylation is 2. The van der Waals surface area contributed by atoms with Crippen LogP contribution in [0.4, 0.5) is 0 Å². The van der Waals surface area contributed by atoms with Gasteiger partial charge in [0.2, 0.25) is 0 Å². The molecule has 2 aromatic carbocycles. The van der Waals surface area contributed by atoms with E-state index in [1.54, 1.807) is 7.11 Å². The fourth-order valence-electron chi connectivity index (χ4n) is 3.44. The van der Waals surface area contributed by atoms with Crippen LogP contribution >= 0.6 is 0 Å². The summed E-state index contributed by atoms with van der Waals surface area (Å²) in [4.78, 5) is 12.7. The van der Waals surface area contributed by atoms with Crippen LogP contribution in [-0.2, 0) is 17.6 Å². The molecule has 138 valence electrons. The molecule has 4 nitrogen and oxygen atoms in total. The maximum Gasteiger partial charge on any atom is 0.261 e. The van der Waals surface area contributed by atoms with Gasteiger partial charge in [0.15, 0.2) is 17.6 Å². The number of hydrogen-bond donors (Lipinski definition) is 1. The average Bonchev–Trinajstić information content (AvgIpc) is 3.13. The number of methoxy groups -OCH3 is 1. The first-order valence-electron chi connectivity index (χ1n) is 9.34. The van der Waals surface area contributed by atoms with Crippen molar-refractivity contribution < 1.29 is 14.3 Å². The van der Waals surface area contributed by atoms with E-state index in [0.29, 0.717) is 17.9 Å². The molecule has 2 atom stereocenters. The number of hydrogen-bond acceptors (Lipinski definition) is 3. The van der Waals surface area contributed by atoms with Gasteiger partial charge in [0.1, 0.15) is 0 Å². The SMILES string of the molecule is CC[C@@H](Oc1ccccc1OC)C(=O)N[C@@H](C)c1ccc2c(c1)CCC2. The Morgan fingerprint density at radius 3 is 2.58 bits per heavy atom. The summed E-state index contributed by atoms with van der Waals surface area (Å²) >= 11 is 0. The van der Waals surface area contributed by atoms with Crippen LogP contribution in [0, 0.1) is 0 Å². The van der Waals surface area contributed by atoms with Crippen molar-refractivity contribution in [3.8, 4) is 11.5 Å². The number of benzene rings is 2. The van der Waals surface area contributed by atoms with Gasteiger partial charge in [-0.1, -0.05) is 37.3 Å². The molecule has 26 heavy (non-hydrogen) atoms. The van der Waals surface area contributed by atoms with Gasteiger partial charge in [0.05, 0.1) is 13.2 Å². The maximum atomic E-state index is 12.7. The number of para-hydroxylation sites is 2. The van der Waals surface area contributed by atoms with Crippen molar-refractivity contribution in [3.63, 3.8) is 0 Å². The zero-order chi connectivity index (χ0) is 18.5. The first-order valence-corrected chi connectivity index (χ1v) is 9.34. The lowest BCUT2D eigenvalue weighted by Crippen LogP contribution is -2.39. The summed E-state index contributed by atoms with van der Waals surface area (Å²) < 4.78 is 11.2. The number of nitrogens with one attached hydrogen (secondary N) is 1. The summed E-state index contributed by atoms with van der Waals surface area (Å²) in [6.07, 6.45) is 3.56. The van der Waals surface area contributed by atoms with Crippen molar-refractivity contribution in [2.75, 3.05) is 7.11 Å². The van der Waals surface area contributed by atoms with Gasteiger partial charge in [-0.05, 0) is 61.4 Å². The van der Waals surface area contributed by atoms with Crippen molar-refractivity contribution in [1.29, 1.82) is 0 Å². The van der Waals surface area contributed by atoms with Crippen molar-refractivity contribution in [1.82, 2.24) is 5.32 Å². The number of carbonyl (C=O) groups excluding carboxylic acids is 1. The molecule has 0 aromatic heterocycles. The third-order valence-electron chi connectivity index (χ3n) is 4.98. The fourth-order valence-corrected chi connectivity index (χ4v) is 3.44. The largest absolute Gasteiger partial charge is 0.493 e. The van der Waals surface area contributed by atoms with Gasteiger partial charge >= 0.3 is 0 Å². The lowest BCUT2D eigenvalue weighted by atomic mass is 10.0. The van der Waals surface area contributed by atoms with Gasteiger partial charge in [0, 0.05) is 0 Å². The Hall–Kier alpha value is -2.49. The van der Waals surface area contributed by atoms with Crippen LogP contribution in [0.2, 0.25) is 0 Å². The molecular formula is C22H27NO3. The molecule has 3 rings (SSSR count). The molecule has 1 amide bonds. The standard InChI is InChI=1S/C22H27NO3/c1-4-19(26-21-11-6-5-10-20(21)25-3)22(24)23-15(2)17-13-12-16-8-7-9-18(16)14-17/h5-6,10-15,19H,4,7-9H2,1-3H3,(H,23,24)/t15-,19+/m0/s1. The molecule has 1 N–H and O–H groups in total. The second kappa shape index (κ2) is 8.26. The van der Waals surface area contributed by atoms with Crippen LogP contribution in [0.5, 0.6) is 11.5 Å². The van der Waals surface area contributed by atoms with Crippen molar-refractivity contribution in [2.24, 2.45) is 0 Å². The number of rotatable bonds is 7. The van der Waals surface area contributed by atoms with E-state index in [1.165, 1.54) is 24.0 Å². The molecule has 0 saturated carbocycles. The summed E-state index contributed by atoms with van der Waals surface area (Å²) in [5.41, 5.74) is 4.00. The van der Waals surface area contributed by atoms with Crippen LogP contribution in [-0.4, -0.2) is 19.1 Å². The fraction of sp³-hybridized carbons (Fsp3) is 0.409. The lowest BCUT2D eigenvalue weighted by Gasteiger charge is -2.22. The number of fused-ring (bicyclic) bond motifs is 1. The molecule has 2 aromatic rings. The molecule has 0 heterocycles. The van der Waals surface area contributed by atoms with E-state index in [-0.39, 0.29) is 11.9 Å². The molecule has 0 bridgehead atoms. The zero-order valence-corrected chi connectivity index (χ0v) is 15.7. The minimum atomic E-state index is -0.553. The molecule has 1 aliphatic carbocycles. The Bertz CT molecular complexity index is 772. The van der Waals surface area contributed by atoms with E-state index in [0.717, 1.165) is 12.0 Å². The molecule has 0 fully saturated rings. The highest BCUT2D eigenvalue weighted by Gasteiger charge is 2.22. The lowest BCUT2D eigenvalue weighted by molar-refractivity contribution is -0.128. The third-order valence-corrected chi connectivity index (χ3v) is 4.98. The quantitative estimate of drug-likeness (QED) is 0.811. The maximum absolute atomic E-state index is 12.7. The van der Waals surface area contributed by atoms with E-state index in [1.807, 2.05) is 38.1 Å². The normalized spacial score (nSPS) is 15.0. The van der Waals surface area contributed by atoms with Gasteiger partial charge in [-0.2, -0.15) is 0 Å². The highest BCUT2D eigenvalue weighted by molar-refractivity contribution is 5.81. The third kappa shape index (κ3) is 4.01. The number of ether oxygens (including phenoxy) is 2. The van der Waals surface area contributed by atoms with E-state index in [2.05, 4.69) is 23.5 Å². The van der Waals surface area contributed by atoms with E-state index >= 15 is 0 Å². The topological polar surface area (TPSA) is 47.6 Å². The van der Waals surface area contributed by atoms with Crippen LogP contribution in [0.1, 0.15) is 49.4 Å². The average molecular weight is 353 g/mol. The molecular weight excluding hydrogens is 326 g/mol. The molecule has 0 unspecified atom stereocenters. The molecule has 0 spiro atoms. The summed E-state index contributed by atoms with van der Waals surface area (Å²) in [7, 11) is 1.60. The Morgan fingerprint density at radius 1 is 1.12 bits per heavy atom. The Labute approximate surface area is 155 Å².